The molecular formula is C11H14O3P-. The van der Waals surface area contributed by atoms with E-state index in [-0.39, 0.29) is 11.5 Å². The lowest BCUT2D eigenvalue weighted by Gasteiger charge is -2.44. The Bertz CT molecular complexity index is 326. The van der Waals surface area contributed by atoms with Gasteiger partial charge in [-0.3, -0.25) is 0 Å². The molecule has 0 spiro atoms. The van der Waals surface area contributed by atoms with Crippen LogP contribution in [0.2, 0.25) is 0 Å². The molecule has 0 saturated carbocycles. The van der Waals surface area contributed by atoms with Gasteiger partial charge in [0.15, 0.2) is 0 Å². The maximum Gasteiger partial charge on any atom is 0.0955 e. The third-order valence-electron chi connectivity index (χ3n) is 2.55. The Kier molecular flexibility index (Phi) is 3.08. The van der Waals surface area contributed by atoms with Gasteiger partial charge in [0.05, 0.1) is 21.3 Å². The summed E-state index contributed by atoms with van der Waals surface area (Å²) in [5.41, 5.74) is 0.902. The summed E-state index contributed by atoms with van der Waals surface area (Å²) in [5, 5.41) is 0. The predicted molar refractivity (Wildman–Crippen MR) is 56.9 cm³/mol. The van der Waals surface area contributed by atoms with Gasteiger partial charge in [0.25, 0.3) is 0 Å². The highest BCUT2D eigenvalue weighted by Crippen LogP contribution is 2.50. The van der Waals surface area contributed by atoms with Crippen LogP contribution in [0.4, 0.5) is 0 Å². The largest absolute Gasteiger partial charge is 0.786 e. The topological polar surface area (TPSA) is 41.5 Å². The van der Waals surface area contributed by atoms with Crippen LogP contribution >= 0.6 is 8.60 Å². The summed E-state index contributed by atoms with van der Waals surface area (Å²) in [5.74, 6) is 0. The van der Waals surface area contributed by atoms with Gasteiger partial charge in [-0.15, -0.1) is 0 Å². The molecule has 0 amide bonds. The van der Waals surface area contributed by atoms with Crippen LogP contribution in [0.1, 0.15) is 25.5 Å². The van der Waals surface area contributed by atoms with Crippen molar-refractivity contribution in [2.75, 3.05) is 6.61 Å². The summed E-state index contributed by atoms with van der Waals surface area (Å²) in [7, 11) is -1.96. The Balaban J connectivity index is 2.26. The molecule has 1 unspecified atom stereocenters. The van der Waals surface area contributed by atoms with Crippen LogP contribution in [0.15, 0.2) is 30.3 Å². The summed E-state index contributed by atoms with van der Waals surface area (Å²) in [4.78, 5) is 11.2. The van der Waals surface area contributed by atoms with E-state index >= 15 is 0 Å². The first kappa shape index (κ1) is 11.0. The van der Waals surface area contributed by atoms with Crippen LogP contribution in [-0.2, 0) is 9.05 Å². The quantitative estimate of drug-likeness (QED) is 0.689. The van der Waals surface area contributed by atoms with Crippen molar-refractivity contribution in [1.29, 1.82) is 0 Å². The third-order valence-corrected chi connectivity index (χ3v) is 3.27. The van der Waals surface area contributed by atoms with Crippen LogP contribution in [0.5, 0.6) is 0 Å². The standard InChI is InChI=1S/C11H14O3P/c1-11(2)8-13-15(12)14-10(11)9-6-4-3-5-7-9/h3-7,10H,8H2,1-2H3/q-1/t10-,15?/m1/s1. The normalized spacial score (nSPS) is 30.1. The van der Waals surface area contributed by atoms with Crippen LogP contribution in [0.25, 0.3) is 0 Å². The molecule has 4 heteroatoms. The summed E-state index contributed by atoms with van der Waals surface area (Å²) < 4.78 is 10.4. The second-order valence-electron chi connectivity index (χ2n) is 4.38. The third kappa shape index (κ3) is 2.37. The lowest BCUT2D eigenvalue weighted by molar-refractivity contribution is -0.228. The minimum Gasteiger partial charge on any atom is -0.786 e. The molecule has 1 aliphatic heterocycles. The molecule has 2 atom stereocenters. The molecule has 0 N–H and O–H groups in total. The van der Waals surface area contributed by atoms with E-state index in [1.165, 1.54) is 0 Å². The molecule has 1 aromatic carbocycles. The van der Waals surface area contributed by atoms with Crippen LogP contribution < -0.4 is 4.89 Å². The zero-order chi connectivity index (χ0) is 10.9. The van der Waals surface area contributed by atoms with Crippen molar-refractivity contribution in [3.05, 3.63) is 35.9 Å². The van der Waals surface area contributed by atoms with Gasteiger partial charge in [-0.25, -0.2) is 0 Å². The Morgan fingerprint density at radius 2 is 2.00 bits per heavy atom. The molecule has 0 bridgehead atoms. The van der Waals surface area contributed by atoms with Gasteiger partial charge < -0.3 is 13.9 Å². The van der Waals surface area contributed by atoms with Gasteiger partial charge >= 0.3 is 0 Å². The molecule has 1 saturated heterocycles. The second kappa shape index (κ2) is 4.18. The van der Waals surface area contributed by atoms with Gasteiger partial charge in [0.2, 0.25) is 0 Å². The van der Waals surface area contributed by atoms with Crippen molar-refractivity contribution in [3.63, 3.8) is 0 Å². The molecule has 15 heavy (non-hydrogen) atoms. The van der Waals surface area contributed by atoms with E-state index in [9.17, 15) is 4.89 Å². The number of benzene rings is 1. The minimum absolute atomic E-state index is 0.148. The van der Waals surface area contributed by atoms with Gasteiger partial charge in [-0.1, -0.05) is 44.2 Å². The second-order valence-corrected chi connectivity index (χ2v) is 5.30. The average Bonchev–Trinajstić information content (AvgIpc) is 2.23. The first-order valence-electron chi connectivity index (χ1n) is 4.91. The molecule has 3 nitrogen and oxygen atoms in total. The molecule has 1 fully saturated rings. The summed E-state index contributed by atoms with van der Waals surface area (Å²) in [6.07, 6.45) is -0.156. The van der Waals surface area contributed by atoms with Crippen molar-refractivity contribution < 1.29 is 13.9 Å². The van der Waals surface area contributed by atoms with Crippen LogP contribution in [0.3, 0.4) is 0 Å². The van der Waals surface area contributed by atoms with Gasteiger partial charge in [0, 0.05) is 5.41 Å². The first-order chi connectivity index (χ1) is 7.09. The first-order valence-corrected chi connectivity index (χ1v) is 6.01. The highest BCUT2D eigenvalue weighted by molar-refractivity contribution is 7.39. The smallest absolute Gasteiger partial charge is 0.0955 e. The van der Waals surface area contributed by atoms with E-state index in [2.05, 4.69) is 0 Å². The van der Waals surface area contributed by atoms with E-state index in [1.54, 1.807) is 0 Å². The fourth-order valence-corrected chi connectivity index (χ4v) is 2.77. The number of rotatable bonds is 1. The molecule has 0 aliphatic carbocycles. The molecule has 82 valence electrons. The van der Waals surface area contributed by atoms with Crippen molar-refractivity contribution in [1.82, 2.24) is 0 Å². The van der Waals surface area contributed by atoms with E-state index in [4.69, 9.17) is 9.05 Å². The maximum absolute atomic E-state index is 11.2. The van der Waals surface area contributed by atoms with E-state index in [0.717, 1.165) is 5.56 Å². The van der Waals surface area contributed by atoms with Gasteiger partial charge in [-0.05, 0) is 5.56 Å². The van der Waals surface area contributed by atoms with Crippen molar-refractivity contribution in [2.24, 2.45) is 5.41 Å². The fourth-order valence-electron chi connectivity index (χ4n) is 1.69. The zero-order valence-electron chi connectivity index (χ0n) is 8.84. The summed E-state index contributed by atoms with van der Waals surface area (Å²) in [6, 6.07) is 9.84. The highest BCUT2D eigenvalue weighted by atomic mass is 31.2. The summed E-state index contributed by atoms with van der Waals surface area (Å²) in [6.45, 7) is 4.56. The monoisotopic (exact) mass is 225 g/mol. The minimum atomic E-state index is -1.96. The zero-order valence-corrected chi connectivity index (χ0v) is 9.74. The van der Waals surface area contributed by atoms with Crippen molar-refractivity contribution >= 4 is 8.60 Å². The lowest BCUT2D eigenvalue weighted by Crippen LogP contribution is -2.34. The number of hydrogen-bond acceptors (Lipinski definition) is 3. The van der Waals surface area contributed by atoms with Crippen molar-refractivity contribution in [2.45, 2.75) is 20.0 Å². The van der Waals surface area contributed by atoms with Gasteiger partial charge in [-0.2, -0.15) is 0 Å². The van der Waals surface area contributed by atoms with Crippen LogP contribution in [0, 0.1) is 5.41 Å². The van der Waals surface area contributed by atoms with E-state index in [0.29, 0.717) is 6.61 Å². The number of hydrogen-bond donors (Lipinski definition) is 0. The van der Waals surface area contributed by atoms with Crippen molar-refractivity contribution in [3.8, 4) is 0 Å². The molecule has 1 aliphatic rings. The van der Waals surface area contributed by atoms with E-state index < -0.39 is 8.60 Å². The Morgan fingerprint density at radius 3 is 2.67 bits per heavy atom. The molecule has 0 radical (unpaired) electrons. The Labute approximate surface area is 91.0 Å². The van der Waals surface area contributed by atoms with Gasteiger partial charge in [0.1, 0.15) is 0 Å². The van der Waals surface area contributed by atoms with E-state index in [1.807, 2.05) is 44.2 Å². The molecule has 2 rings (SSSR count). The molecule has 0 aromatic heterocycles. The highest BCUT2D eigenvalue weighted by Gasteiger charge is 2.36. The van der Waals surface area contributed by atoms with Crippen LogP contribution in [-0.4, -0.2) is 6.61 Å². The molecule has 1 heterocycles. The fraction of sp³-hybridized carbons (Fsp3) is 0.455. The maximum atomic E-state index is 11.2. The Morgan fingerprint density at radius 1 is 1.33 bits per heavy atom. The Hall–Kier alpha value is -0.470. The average molecular weight is 225 g/mol. The molecular weight excluding hydrogens is 211 g/mol. The lowest BCUT2D eigenvalue weighted by atomic mass is 9.83. The summed E-state index contributed by atoms with van der Waals surface area (Å²) >= 11 is 0. The molecule has 1 aromatic rings. The predicted octanol–water partition coefficient (Wildman–Crippen LogP) is 2.39. The SMILES string of the molecule is CC1(C)COP([O-])O[C@@H]1c1ccccc1.